The number of hydrogen-bond donors (Lipinski definition) is 0. The van der Waals surface area contributed by atoms with E-state index in [0.717, 1.165) is 16.6 Å². The summed E-state index contributed by atoms with van der Waals surface area (Å²) >= 11 is 1.83. The normalized spacial score (nSPS) is 11.9. The molecule has 0 atom stereocenters. The first kappa shape index (κ1) is 25.6. The van der Waals surface area contributed by atoms with Crippen LogP contribution in [0.3, 0.4) is 0 Å². The molecule has 8 aromatic carbocycles. The number of thiophene rings is 1. The number of furan rings is 1. The third kappa shape index (κ3) is 3.81. The molecule has 10 aromatic rings. The fourth-order valence-corrected chi connectivity index (χ4v) is 8.48. The second kappa shape index (κ2) is 9.90. The Morgan fingerprint density at radius 3 is 1.50 bits per heavy atom. The summed E-state index contributed by atoms with van der Waals surface area (Å²) in [7, 11) is 0. The molecule has 0 saturated carbocycles. The average molecular weight is 603 g/mol. The smallest absolute Gasteiger partial charge is 0.136 e. The molecule has 0 N–H and O–H groups in total. The minimum absolute atomic E-state index is 0.925. The van der Waals surface area contributed by atoms with Gasteiger partial charge >= 0.3 is 0 Å². The quantitative estimate of drug-likeness (QED) is 0.183. The molecular weight excluding hydrogens is 577 g/mol. The van der Waals surface area contributed by atoms with Gasteiger partial charge in [-0.1, -0.05) is 127 Å². The van der Waals surface area contributed by atoms with E-state index in [-0.39, 0.29) is 0 Å². The standard InChI is InChI=1S/C44H26OS/c1-2-10-28(11-3-1)43-32-13-4-6-15-34(32)44(35-16-7-5-14-33(35)43)29-20-18-27(19-21-29)30-22-23-39-36(24-30)37-25-38-31-12-8-9-17-41(31)46-42(38)26-40(37)45-39/h1-26H. The van der Waals surface area contributed by atoms with Crippen LogP contribution in [0.25, 0.3) is 97.0 Å². The lowest BCUT2D eigenvalue weighted by Crippen LogP contribution is -1.90. The summed E-state index contributed by atoms with van der Waals surface area (Å²) in [6.07, 6.45) is 0. The fourth-order valence-electron chi connectivity index (χ4n) is 7.36. The van der Waals surface area contributed by atoms with Crippen molar-refractivity contribution in [3.8, 4) is 33.4 Å². The van der Waals surface area contributed by atoms with Gasteiger partial charge in [0.1, 0.15) is 11.2 Å². The van der Waals surface area contributed by atoms with Crippen LogP contribution in [0.4, 0.5) is 0 Å². The Hall–Kier alpha value is -5.70. The third-order valence-electron chi connectivity index (χ3n) is 9.47. The van der Waals surface area contributed by atoms with E-state index >= 15 is 0 Å². The molecule has 0 aliphatic rings. The zero-order valence-electron chi connectivity index (χ0n) is 24.8. The molecule has 0 unspecified atom stereocenters. The van der Waals surface area contributed by atoms with Crippen LogP contribution in [0.2, 0.25) is 0 Å². The second-order valence-electron chi connectivity index (χ2n) is 12.0. The van der Waals surface area contributed by atoms with Crippen molar-refractivity contribution < 1.29 is 4.42 Å². The second-order valence-corrected chi connectivity index (χ2v) is 13.1. The molecule has 10 rings (SSSR count). The molecule has 0 aliphatic carbocycles. The van der Waals surface area contributed by atoms with Gasteiger partial charge in [-0.15, -0.1) is 11.3 Å². The van der Waals surface area contributed by atoms with E-state index in [1.165, 1.54) is 80.5 Å². The minimum Gasteiger partial charge on any atom is -0.456 e. The molecule has 214 valence electrons. The van der Waals surface area contributed by atoms with Gasteiger partial charge in [-0.2, -0.15) is 0 Å². The highest BCUT2D eigenvalue weighted by Gasteiger charge is 2.17. The topological polar surface area (TPSA) is 13.1 Å². The summed E-state index contributed by atoms with van der Waals surface area (Å²) in [5.74, 6) is 0. The molecular formula is C44H26OS. The van der Waals surface area contributed by atoms with Crippen molar-refractivity contribution in [2.75, 3.05) is 0 Å². The van der Waals surface area contributed by atoms with E-state index in [1.807, 2.05) is 11.3 Å². The maximum atomic E-state index is 6.35. The number of fused-ring (bicyclic) bond motifs is 8. The number of benzene rings is 8. The van der Waals surface area contributed by atoms with Crippen molar-refractivity contribution in [3.63, 3.8) is 0 Å². The van der Waals surface area contributed by atoms with Gasteiger partial charge < -0.3 is 4.42 Å². The zero-order valence-corrected chi connectivity index (χ0v) is 25.6. The lowest BCUT2D eigenvalue weighted by Gasteiger charge is -2.18. The van der Waals surface area contributed by atoms with Gasteiger partial charge in [0.25, 0.3) is 0 Å². The number of hydrogen-bond acceptors (Lipinski definition) is 2. The van der Waals surface area contributed by atoms with Crippen molar-refractivity contribution in [2.24, 2.45) is 0 Å². The summed E-state index contributed by atoms with van der Waals surface area (Å²) < 4.78 is 8.93. The highest BCUT2D eigenvalue weighted by Crippen LogP contribution is 2.44. The summed E-state index contributed by atoms with van der Waals surface area (Å²) in [6, 6.07) is 57.3. The van der Waals surface area contributed by atoms with Gasteiger partial charge in [0.15, 0.2) is 0 Å². The SMILES string of the molecule is c1ccc(-c2c3ccccc3c(-c3ccc(-c4ccc5oc6cc7sc8ccccc8c7cc6c5c4)cc3)c3ccccc23)cc1. The van der Waals surface area contributed by atoms with E-state index < -0.39 is 0 Å². The predicted octanol–water partition coefficient (Wildman–Crippen LogP) is 13.3. The lowest BCUT2D eigenvalue weighted by atomic mass is 9.86. The number of rotatable bonds is 3. The first-order chi connectivity index (χ1) is 22.8. The summed E-state index contributed by atoms with van der Waals surface area (Å²) in [6.45, 7) is 0. The Kier molecular flexibility index (Phi) is 5.51. The van der Waals surface area contributed by atoms with Gasteiger partial charge in [-0.05, 0) is 85.3 Å². The van der Waals surface area contributed by atoms with Crippen molar-refractivity contribution in [3.05, 3.63) is 158 Å². The van der Waals surface area contributed by atoms with Gasteiger partial charge in [0.05, 0.1) is 0 Å². The molecule has 0 aliphatic heterocycles. The van der Waals surface area contributed by atoms with E-state index in [4.69, 9.17) is 4.42 Å². The van der Waals surface area contributed by atoms with Gasteiger partial charge in [0.2, 0.25) is 0 Å². The van der Waals surface area contributed by atoms with Crippen molar-refractivity contribution in [1.82, 2.24) is 0 Å². The molecule has 0 saturated heterocycles. The molecule has 0 amide bonds. The third-order valence-corrected chi connectivity index (χ3v) is 10.6. The molecule has 2 heterocycles. The molecule has 1 nitrogen and oxygen atoms in total. The van der Waals surface area contributed by atoms with Gasteiger partial charge in [-0.25, -0.2) is 0 Å². The van der Waals surface area contributed by atoms with Gasteiger partial charge in [-0.3, -0.25) is 0 Å². The summed E-state index contributed by atoms with van der Waals surface area (Å²) in [5.41, 5.74) is 9.28. The Balaban J connectivity index is 1.12. The first-order valence-corrected chi connectivity index (χ1v) is 16.5. The first-order valence-electron chi connectivity index (χ1n) is 15.7. The Morgan fingerprint density at radius 2 is 0.826 bits per heavy atom. The van der Waals surface area contributed by atoms with Gasteiger partial charge in [0, 0.05) is 30.9 Å². The average Bonchev–Trinajstić information content (AvgIpc) is 3.66. The molecule has 2 heteroatoms. The summed E-state index contributed by atoms with van der Waals surface area (Å²) in [5, 5.41) is 10.0. The largest absolute Gasteiger partial charge is 0.456 e. The molecule has 46 heavy (non-hydrogen) atoms. The monoisotopic (exact) mass is 602 g/mol. The zero-order chi connectivity index (χ0) is 30.2. The predicted molar refractivity (Wildman–Crippen MR) is 198 cm³/mol. The van der Waals surface area contributed by atoms with Crippen LogP contribution < -0.4 is 0 Å². The van der Waals surface area contributed by atoms with Crippen molar-refractivity contribution in [1.29, 1.82) is 0 Å². The highest BCUT2D eigenvalue weighted by atomic mass is 32.1. The van der Waals surface area contributed by atoms with Crippen molar-refractivity contribution >= 4 is 75.0 Å². The van der Waals surface area contributed by atoms with Crippen LogP contribution >= 0.6 is 11.3 Å². The minimum atomic E-state index is 0.925. The van der Waals surface area contributed by atoms with Crippen LogP contribution in [-0.2, 0) is 0 Å². The van der Waals surface area contributed by atoms with E-state index in [2.05, 4.69) is 158 Å². The maximum Gasteiger partial charge on any atom is 0.136 e. The van der Waals surface area contributed by atoms with Crippen molar-refractivity contribution in [2.45, 2.75) is 0 Å². The molecule has 0 fully saturated rings. The highest BCUT2D eigenvalue weighted by molar-refractivity contribution is 7.25. The molecule has 0 spiro atoms. The molecule has 0 bridgehead atoms. The van der Waals surface area contributed by atoms with Crippen LogP contribution in [0.1, 0.15) is 0 Å². The molecule has 0 radical (unpaired) electrons. The Bertz CT molecular complexity index is 2730. The van der Waals surface area contributed by atoms with E-state index in [0.29, 0.717) is 0 Å². The maximum absolute atomic E-state index is 6.35. The summed E-state index contributed by atoms with van der Waals surface area (Å²) in [4.78, 5) is 0. The van der Waals surface area contributed by atoms with Crippen LogP contribution in [0.15, 0.2) is 162 Å². The van der Waals surface area contributed by atoms with Crippen LogP contribution in [0, 0.1) is 0 Å². The van der Waals surface area contributed by atoms with E-state index in [9.17, 15) is 0 Å². The fraction of sp³-hybridized carbons (Fsp3) is 0. The Labute approximate surface area is 269 Å². The Morgan fingerprint density at radius 1 is 0.304 bits per heavy atom. The van der Waals surface area contributed by atoms with E-state index in [1.54, 1.807) is 0 Å². The van der Waals surface area contributed by atoms with Crippen LogP contribution in [-0.4, -0.2) is 0 Å². The lowest BCUT2D eigenvalue weighted by molar-refractivity contribution is 0.669. The molecule has 2 aromatic heterocycles. The van der Waals surface area contributed by atoms with Crippen LogP contribution in [0.5, 0.6) is 0 Å².